The van der Waals surface area contributed by atoms with Crippen molar-refractivity contribution in [2.75, 3.05) is 0 Å². The fourth-order valence-corrected chi connectivity index (χ4v) is 3.56. The van der Waals surface area contributed by atoms with Crippen molar-refractivity contribution in [3.63, 3.8) is 0 Å². The van der Waals surface area contributed by atoms with Gasteiger partial charge in [-0.1, -0.05) is 55.9 Å². The summed E-state index contributed by atoms with van der Waals surface area (Å²) in [6, 6.07) is 18.2. The van der Waals surface area contributed by atoms with Crippen LogP contribution in [0.15, 0.2) is 53.7 Å². The van der Waals surface area contributed by atoms with E-state index in [1.807, 2.05) is 36.4 Å². The first-order chi connectivity index (χ1) is 12.1. The molecule has 1 heterocycles. The van der Waals surface area contributed by atoms with Crippen LogP contribution in [0.1, 0.15) is 42.3 Å². The largest absolute Gasteiger partial charge is 0.274 e. The molecule has 0 spiro atoms. The molecule has 5 heteroatoms. The lowest BCUT2D eigenvalue weighted by Gasteiger charge is -2.14. The molecule has 1 aromatic heterocycles. The third-order valence-electron chi connectivity index (χ3n) is 3.96. The second-order valence-corrected chi connectivity index (χ2v) is 7.16. The monoisotopic (exact) mass is 348 g/mol. The number of para-hydroxylation sites is 1. The zero-order valence-corrected chi connectivity index (χ0v) is 15.4. The molecule has 0 bridgehead atoms. The van der Waals surface area contributed by atoms with Crippen LogP contribution in [0.2, 0.25) is 0 Å². The smallest absolute Gasteiger partial charge is 0.196 e. The lowest BCUT2D eigenvalue weighted by Crippen LogP contribution is -2.06. The Balaban J connectivity index is 1.94. The van der Waals surface area contributed by atoms with Crippen molar-refractivity contribution >= 4 is 11.8 Å². The number of benzene rings is 2. The molecule has 0 aliphatic rings. The first kappa shape index (κ1) is 17.2. The Morgan fingerprint density at radius 3 is 2.64 bits per heavy atom. The molecule has 126 valence electrons. The molecule has 25 heavy (non-hydrogen) atoms. The second kappa shape index (κ2) is 7.54. The van der Waals surface area contributed by atoms with E-state index in [9.17, 15) is 0 Å². The van der Waals surface area contributed by atoms with Crippen molar-refractivity contribution in [2.24, 2.45) is 0 Å². The van der Waals surface area contributed by atoms with E-state index in [0.717, 1.165) is 28.0 Å². The van der Waals surface area contributed by atoms with Crippen LogP contribution < -0.4 is 0 Å². The SMILES string of the molecule is Cc1ccccc1-n1c(SCc2cccc(C#N)c2)nnc1C(C)C. The van der Waals surface area contributed by atoms with Gasteiger partial charge in [-0.05, 0) is 36.2 Å². The highest BCUT2D eigenvalue weighted by Crippen LogP contribution is 2.29. The van der Waals surface area contributed by atoms with E-state index in [1.54, 1.807) is 11.8 Å². The van der Waals surface area contributed by atoms with Gasteiger partial charge in [0, 0.05) is 11.7 Å². The molecule has 0 atom stereocenters. The summed E-state index contributed by atoms with van der Waals surface area (Å²) in [5.74, 6) is 1.99. The molecular weight excluding hydrogens is 328 g/mol. The summed E-state index contributed by atoms with van der Waals surface area (Å²) in [5.41, 5.74) is 4.10. The number of nitriles is 1. The van der Waals surface area contributed by atoms with Gasteiger partial charge in [-0.15, -0.1) is 10.2 Å². The lowest BCUT2D eigenvalue weighted by atomic mass is 10.1. The van der Waals surface area contributed by atoms with Gasteiger partial charge in [-0.25, -0.2) is 0 Å². The second-order valence-electron chi connectivity index (χ2n) is 6.22. The molecule has 2 aromatic carbocycles. The third-order valence-corrected chi connectivity index (χ3v) is 4.96. The van der Waals surface area contributed by atoms with E-state index in [2.05, 4.69) is 53.7 Å². The van der Waals surface area contributed by atoms with Crippen LogP contribution >= 0.6 is 11.8 Å². The Hall–Kier alpha value is -2.58. The summed E-state index contributed by atoms with van der Waals surface area (Å²) in [6.45, 7) is 6.36. The van der Waals surface area contributed by atoms with Crippen molar-refractivity contribution < 1.29 is 0 Å². The predicted molar refractivity (Wildman–Crippen MR) is 101 cm³/mol. The minimum absolute atomic E-state index is 0.281. The van der Waals surface area contributed by atoms with E-state index in [-0.39, 0.29) is 5.92 Å². The first-order valence-corrected chi connectivity index (χ1v) is 9.22. The molecule has 0 fully saturated rings. The number of hydrogen-bond acceptors (Lipinski definition) is 4. The maximum atomic E-state index is 9.05. The zero-order valence-electron chi connectivity index (χ0n) is 14.6. The van der Waals surface area contributed by atoms with Crippen molar-refractivity contribution in [1.82, 2.24) is 14.8 Å². The summed E-state index contributed by atoms with van der Waals surface area (Å²) in [5, 5.41) is 18.8. The molecule has 0 N–H and O–H groups in total. The molecule has 0 aliphatic heterocycles. The van der Waals surface area contributed by atoms with Gasteiger partial charge < -0.3 is 0 Å². The molecule has 0 unspecified atom stereocenters. The Kier molecular flexibility index (Phi) is 5.20. The molecule has 0 saturated heterocycles. The number of nitrogens with zero attached hydrogens (tertiary/aromatic N) is 4. The summed E-state index contributed by atoms with van der Waals surface area (Å²) >= 11 is 1.64. The van der Waals surface area contributed by atoms with Crippen molar-refractivity contribution in [2.45, 2.75) is 37.6 Å². The topological polar surface area (TPSA) is 54.5 Å². The summed E-state index contributed by atoms with van der Waals surface area (Å²) in [7, 11) is 0. The minimum atomic E-state index is 0.281. The molecule has 0 amide bonds. The number of thioether (sulfide) groups is 1. The Labute approximate surface area is 152 Å². The quantitative estimate of drug-likeness (QED) is 0.618. The Bertz CT molecular complexity index is 921. The predicted octanol–water partition coefficient (Wildman–Crippen LogP) is 4.86. The third kappa shape index (κ3) is 3.75. The van der Waals surface area contributed by atoms with E-state index >= 15 is 0 Å². The fourth-order valence-electron chi connectivity index (χ4n) is 2.67. The average molecular weight is 348 g/mol. The average Bonchev–Trinajstić information content (AvgIpc) is 3.04. The lowest BCUT2D eigenvalue weighted by molar-refractivity contribution is 0.730. The highest BCUT2D eigenvalue weighted by molar-refractivity contribution is 7.98. The highest BCUT2D eigenvalue weighted by atomic mass is 32.2. The molecule has 0 radical (unpaired) electrons. The molecule has 4 nitrogen and oxygen atoms in total. The van der Waals surface area contributed by atoms with Crippen LogP contribution in [0.3, 0.4) is 0 Å². The Morgan fingerprint density at radius 2 is 1.92 bits per heavy atom. The number of rotatable bonds is 5. The highest BCUT2D eigenvalue weighted by Gasteiger charge is 2.18. The maximum absolute atomic E-state index is 9.05. The van der Waals surface area contributed by atoms with Gasteiger partial charge in [0.1, 0.15) is 5.82 Å². The summed E-state index contributed by atoms with van der Waals surface area (Å²) < 4.78 is 2.15. The normalized spacial score (nSPS) is 10.8. The molecule has 0 saturated carbocycles. The van der Waals surface area contributed by atoms with E-state index in [4.69, 9.17) is 5.26 Å². The molecular formula is C20H20N4S. The number of hydrogen-bond donors (Lipinski definition) is 0. The standard InChI is InChI=1S/C20H20N4S/c1-14(2)19-22-23-20(24(19)18-10-5-4-7-15(18)3)25-13-17-9-6-8-16(11-17)12-21/h4-11,14H,13H2,1-3H3. The van der Waals surface area contributed by atoms with Gasteiger partial charge in [0.25, 0.3) is 0 Å². The molecule has 0 aliphatic carbocycles. The van der Waals surface area contributed by atoms with Gasteiger partial charge in [-0.3, -0.25) is 4.57 Å². The molecule has 3 aromatic rings. The Morgan fingerprint density at radius 1 is 1.12 bits per heavy atom. The van der Waals surface area contributed by atoms with Crippen molar-refractivity contribution in [3.8, 4) is 11.8 Å². The summed E-state index contributed by atoms with van der Waals surface area (Å²) in [6.07, 6.45) is 0. The van der Waals surface area contributed by atoms with Crippen LogP contribution in [0.5, 0.6) is 0 Å². The van der Waals surface area contributed by atoms with Gasteiger partial charge in [0.2, 0.25) is 0 Å². The minimum Gasteiger partial charge on any atom is -0.274 e. The van der Waals surface area contributed by atoms with Crippen LogP contribution in [0, 0.1) is 18.3 Å². The van der Waals surface area contributed by atoms with Crippen molar-refractivity contribution in [1.29, 1.82) is 5.26 Å². The fraction of sp³-hybridized carbons (Fsp3) is 0.250. The number of aromatic nitrogens is 3. The van der Waals surface area contributed by atoms with Gasteiger partial charge in [0.05, 0.1) is 17.3 Å². The maximum Gasteiger partial charge on any atom is 0.196 e. The first-order valence-electron chi connectivity index (χ1n) is 8.23. The van der Waals surface area contributed by atoms with Crippen LogP contribution in [-0.2, 0) is 5.75 Å². The van der Waals surface area contributed by atoms with Gasteiger partial charge >= 0.3 is 0 Å². The number of aryl methyl sites for hydroxylation is 1. The zero-order chi connectivity index (χ0) is 17.8. The van der Waals surface area contributed by atoms with E-state index < -0.39 is 0 Å². The van der Waals surface area contributed by atoms with Crippen LogP contribution in [-0.4, -0.2) is 14.8 Å². The van der Waals surface area contributed by atoms with Crippen molar-refractivity contribution in [3.05, 3.63) is 71.0 Å². The van der Waals surface area contributed by atoms with E-state index in [0.29, 0.717) is 5.56 Å². The van der Waals surface area contributed by atoms with Crippen LogP contribution in [0.4, 0.5) is 0 Å². The summed E-state index contributed by atoms with van der Waals surface area (Å²) in [4.78, 5) is 0. The van der Waals surface area contributed by atoms with Crippen LogP contribution in [0.25, 0.3) is 5.69 Å². The van der Waals surface area contributed by atoms with E-state index in [1.165, 1.54) is 5.56 Å². The van der Waals surface area contributed by atoms with Gasteiger partial charge in [-0.2, -0.15) is 5.26 Å². The molecule has 3 rings (SSSR count). The van der Waals surface area contributed by atoms with Gasteiger partial charge in [0.15, 0.2) is 5.16 Å².